The van der Waals surface area contributed by atoms with E-state index < -0.39 is 5.60 Å². The number of benzene rings is 1. The zero-order valence-electron chi connectivity index (χ0n) is 8.63. The average Bonchev–Trinajstić information content (AvgIpc) is 2.92. The summed E-state index contributed by atoms with van der Waals surface area (Å²) in [5.41, 5.74) is -0.119. The van der Waals surface area contributed by atoms with Crippen molar-refractivity contribution in [3.05, 3.63) is 33.8 Å². The monoisotopic (exact) mass is 244 g/mol. The van der Waals surface area contributed by atoms with Crippen LogP contribution in [0.1, 0.15) is 31.7 Å². The summed E-state index contributed by atoms with van der Waals surface area (Å²) in [7, 11) is 0. The van der Waals surface area contributed by atoms with Crippen LogP contribution < -0.4 is 0 Å². The maximum absolute atomic E-state index is 10.4. The molecule has 1 aliphatic carbocycles. The quantitative estimate of drug-likeness (QED) is 0.853. The van der Waals surface area contributed by atoms with Gasteiger partial charge in [-0.15, -0.1) is 0 Å². The lowest BCUT2D eigenvalue weighted by Gasteiger charge is -2.25. The van der Waals surface area contributed by atoms with Crippen molar-refractivity contribution < 1.29 is 5.11 Å². The molecule has 1 unspecified atom stereocenters. The molecule has 1 saturated carbocycles. The van der Waals surface area contributed by atoms with Gasteiger partial charge in [0.2, 0.25) is 0 Å². The van der Waals surface area contributed by atoms with Crippen molar-refractivity contribution in [1.82, 2.24) is 0 Å². The fourth-order valence-corrected chi connectivity index (χ4v) is 2.42. The third-order valence-electron chi connectivity index (χ3n) is 2.91. The minimum atomic E-state index is -0.858. The van der Waals surface area contributed by atoms with Crippen LogP contribution in [0.25, 0.3) is 0 Å². The molecule has 1 fully saturated rings. The fourth-order valence-electron chi connectivity index (χ4n) is 1.91. The lowest BCUT2D eigenvalue weighted by Crippen LogP contribution is -2.22. The van der Waals surface area contributed by atoms with Gasteiger partial charge < -0.3 is 5.11 Å². The summed E-state index contributed by atoms with van der Waals surface area (Å²) >= 11 is 12.0. The van der Waals surface area contributed by atoms with E-state index in [1.807, 2.05) is 19.1 Å². The second-order valence-electron chi connectivity index (χ2n) is 4.52. The Labute approximate surface area is 100 Å². The van der Waals surface area contributed by atoms with E-state index in [9.17, 15) is 5.11 Å². The highest BCUT2D eigenvalue weighted by Gasteiger charge is 2.34. The average molecular weight is 245 g/mol. The lowest BCUT2D eigenvalue weighted by molar-refractivity contribution is 0.0419. The van der Waals surface area contributed by atoms with Gasteiger partial charge in [0, 0.05) is 5.56 Å². The highest BCUT2D eigenvalue weighted by atomic mass is 35.5. The normalized spacial score (nSPS) is 20.0. The Kier molecular flexibility index (Phi) is 2.98. The van der Waals surface area contributed by atoms with E-state index in [2.05, 4.69) is 0 Å². The molecule has 1 aliphatic rings. The number of aliphatic hydroxyl groups is 1. The van der Waals surface area contributed by atoms with Crippen LogP contribution in [0.4, 0.5) is 0 Å². The first kappa shape index (κ1) is 11.3. The minimum Gasteiger partial charge on any atom is -0.385 e. The van der Waals surface area contributed by atoms with Gasteiger partial charge in [0.15, 0.2) is 0 Å². The first-order chi connectivity index (χ1) is 7.00. The molecular formula is C12H14Cl2O. The number of halogens is 2. The van der Waals surface area contributed by atoms with Gasteiger partial charge in [-0.1, -0.05) is 48.2 Å². The van der Waals surface area contributed by atoms with Gasteiger partial charge in [-0.2, -0.15) is 0 Å². The fraction of sp³-hybridized carbons (Fsp3) is 0.500. The van der Waals surface area contributed by atoms with E-state index in [4.69, 9.17) is 23.2 Å². The van der Waals surface area contributed by atoms with Gasteiger partial charge in [0.05, 0.1) is 15.6 Å². The largest absolute Gasteiger partial charge is 0.385 e. The minimum absolute atomic E-state index is 0.477. The van der Waals surface area contributed by atoms with Crippen molar-refractivity contribution in [3.8, 4) is 0 Å². The molecular weight excluding hydrogens is 231 g/mol. The van der Waals surface area contributed by atoms with Crippen molar-refractivity contribution in [2.75, 3.05) is 0 Å². The maximum Gasteiger partial charge on any atom is 0.0886 e. The molecule has 3 heteroatoms. The summed E-state index contributed by atoms with van der Waals surface area (Å²) in [6, 6.07) is 5.40. The highest BCUT2D eigenvalue weighted by Crippen LogP contribution is 2.43. The Morgan fingerprint density at radius 3 is 2.67 bits per heavy atom. The third kappa shape index (κ3) is 2.47. The molecule has 0 aliphatic heterocycles. The zero-order valence-corrected chi connectivity index (χ0v) is 10.1. The standard InChI is InChI=1S/C12H14Cl2O/c1-12(15,7-8-5-6-8)9-3-2-4-10(13)11(9)14/h2-4,8,15H,5-7H2,1H3. The molecule has 0 aromatic heterocycles. The van der Waals surface area contributed by atoms with Crippen LogP contribution in [0.5, 0.6) is 0 Å². The van der Waals surface area contributed by atoms with Gasteiger partial charge >= 0.3 is 0 Å². The number of hydrogen-bond acceptors (Lipinski definition) is 1. The van der Waals surface area contributed by atoms with Crippen LogP contribution in [0, 0.1) is 5.92 Å². The topological polar surface area (TPSA) is 20.2 Å². The van der Waals surface area contributed by atoms with Crippen LogP contribution in [-0.4, -0.2) is 5.11 Å². The molecule has 0 spiro atoms. The summed E-state index contributed by atoms with van der Waals surface area (Å²) in [6.07, 6.45) is 3.20. The van der Waals surface area contributed by atoms with Crippen molar-refractivity contribution in [2.45, 2.75) is 31.8 Å². The molecule has 1 N–H and O–H groups in total. The predicted octanol–water partition coefficient (Wildman–Crippen LogP) is 4.00. The summed E-state index contributed by atoms with van der Waals surface area (Å²) in [4.78, 5) is 0. The Balaban J connectivity index is 2.29. The molecule has 0 saturated heterocycles. The Morgan fingerprint density at radius 2 is 2.07 bits per heavy atom. The molecule has 0 heterocycles. The predicted molar refractivity (Wildman–Crippen MR) is 63.4 cm³/mol. The second-order valence-corrected chi connectivity index (χ2v) is 5.31. The summed E-state index contributed by atoms with van der Waals surface area (Å²) in [6.45, 7) is 1.81. The van der Waals surface area contributed by atoms with Crippen molar-refractivity contribution in [3.63, 3.8) is 0 Å². The number of hydrogen-bond donors (Lipinski definition) is 1. The van der Waals surface area contributed by atoms with Crippen LogP contribution >= 0.6 is 23.2 Å². The van der Waals surface area contributed by atoms with Crippen molar-refractivity contribution >= 4 is 23.2 Å². The molecule has 82 valence electrons. The molecule has 1 atom stereocenters. The van der Waals surface area contributed by atoms with Gasteiger partial charge in [0.25, 0.3) is 0 Å². The smallest absolute Gasteiger partial charge is 0.0886 e. The Bertz CT molecular complexity index is 370. The molecule has 2 rings (SSSR count). The van der Waals surface area contributed by atoms with E-state index in [-0.39, 0.29) is 0 Å². The second kappa shape index (κ2) is 3.97. The summed E-state index contributed by atoms with van der Waals surface area (Å²) in [5, 5.41) is 11.3. The highest BCUT2D eigenvalue weighted by molar-refractivity contribution is 6.42. The van der Waals surface area contributed by atoms with Gasteiger partial charge in [-0.25, -0.2) is 0 Å². The molecule has 1 aromatic carbocycles. The molecule has 0 radical (unpaired) electrons. The number of rotatable bonds is 3. The van der Waals surface area contributed by atoms with E-state index in [0.29, 0.717) is 16.0 Å². The molecule has 0 bridgehead atoms. The third-order valence-corrected chi connectivity index (χ3v) is 3.73. The van der Waals surface area contributed by atoms with E-state index in [1.54, 1.807) is 6.07 Å². The van der Waals surface area contributed by atoms with Crippen LogP contribution in [0.3, 0.4) is 0 Å². The zero-order chi connectivity index (χ0) is 11.1. The molecule has 1 nitrogen and oxygen atoms in total. The molecule has 15 heavy (non-hydrogen) atoms. The Morgan fingerprint density at radius 1 is 1.40 bits per heavy atom. The maximum atomic E-state index is 10.4. The van der Waals surface area contributed by atoms with Crippen molar-refractivity contribution in [2.24, 2.45) is 5.92 Å². The Hall–Kier alpha value is -0.240. The van der Waals surface area contributed by atoms with Crippen molar-refractivity contribution in [1.29, 1.82) is 0 Å². The van der Waals surface area contributed by atoms with Gasteiger partial charge in [-0.05, 0) is 25.3 Å². The first-order valence-corrected chi connectivity index (χ1v) is 5.93. The van der Waals surface area contributed by atoms with Crippen LogP contribution in [0.2, 0.25) is 10.0 Å². The first-order valence-electron chi connectivity index (χ1n) is 5.17. The van der Waals surface area contributed by atoms with Crippen LogP contribution in [-0.2, 0) is 5.60 Å². The molecule has 1 aromatic rings. The summed E-state index contributed by atoms with van der Waals surface area (Å²) < 4.78 is 0. The van der Waals surface area contributed by atoms with E-state index in [0.717, 1.165) is 12.0 Å². The van der Waals surface area contributed by atoms with Gasteiger partial charge in [-0.3, -0.25) is 0 Å². The van der Waals surface area contributed by atoms with E-state index in [1.165, 1.54) is 12.8 Å². The lowest BCUT2D eigenvalue weighted by atomic mass is 9.90. The summed E-state index contributed by atoms with van der Waals surface area (Å²) in [5.74, 6) is 0.648. The molecule has 0 amide bonds. The SMILES string of the molecule is CC(O)(CC1CC1)c1cccc(Cl)c1Cl. The van der Waals surface area contributed by atoms with Crippen LogP contribution in [0.15, 0.2) is 18.2 Å². The van der Waals surface area contributed by atoms with Gasteiger partial charge in [0.1, 0.15) is 0 Å². The van der Waals surface area contributed by atoms with E-state index >= 15 is 0 Å².